The second kappa shape index (κ2) is 3.52. The van der Waals surface area contributed by atoms with Crippen molar-refractivity contribution in [1.29, 1.82) is 0 Å². The molecule has 1 rings (SSSR count). The molecule has 76 valence electrons. The van der Waals surface area contributed by atoms with Gasteiger partial charge in [0.15, 0.2) is 0 Å². The Morgan fingerprint density at radius 1 is 1.46 bits per heavy atom. The molecule has 1 fully saturated rings. The Balaban J connectivity index is 2.67. The Morgan fingerprint density at radius 3 is 2.23 bits per heavy atom. The van der Waals surface area contributed by atoms with Gasteiger partial charge in [0.05, 0.1) is 13.2 Å². The summed E-state index contributed by atoms with van der Waals surface area (Å²) in [5.74, 6) is 0. The molecule has 0 aromatic rings. The molecule has 5 heteroatoms. The molecule has 0 aromatic carbocycles. The van der Waals surface area contributed by atoms with Gasteiger partial charge in [-0.15, -0.1) is 0 Å². The predicted molar refractivity (Wildman–Crippen MR) is 48.6 cm³/mol. The van der Waals surface area contributed by atoms with Crippen molar-refractivity contribution in [3.63, 3.8) is 0 Å². The normalized spacial score (nSPS) is 40.2. The SMILES string of the molecule is CCC1(C)COP(=O)(C(C)=O)OC1. The van der Waals surface area contributed by atoms with Crippen LogP contribution in [0.4, 0.5) is 0 Å². The molecule has 1 aliphatic rings. The van der Waals surface area contributed by atoms with Crippen LogP contribution in [0.25, 0.3) is 0 Å². The second-order valence-corrected chi connectivity index (χ2v) is 5.87. The van der Waals surface area contributed by atoms with E-state index in [4.69, 9.17) is 9.05 Å². The van der Waals surface area contributed by atoms with Gasteiger partial charge in [-0.25, -0.2) is 0 Å². The second-order valence-electron chi connectivity index (χ2n) is 3.73. The fourth-order valence-electron chi connectivity index (χ4n) is 0.946. The lowest BCUT2D eigenvalue weighted by Crippen LogP contribution is -2.32. The van der Waals surface area contributed by atoms with Gasteiger partial charge in [0.2, 0.25) is 5.52 Å². The molecule has 0 N–H and O–H groups in total. The van der Waals surface area contributed by atoms with Crippen LogP contribution in [0.1, 0.15) is 27.2 Å². The minimum atomic E-state index is -3.42. The smallest absolute Gasteiger partial charge is 0.303 e. The van der Waals surface area contributed by atoms with Gasteiger partial charge in [0.25, 0.3) is 0 Å². The van der Waals surface area contributed by atoms with Crippen molar-refractivity contribution in [3.8, 4) is 0 Å². The van der Waals surface area contributed by atoms with Crippen LogP contribution in [-0.2, 0) is 18.4 Å². The zero-order valence-corrected chi connectivity index (χ0v) is 9.10. The van der Waals surface area contributed by atoms with Crippen molar-refractivity contribution < 1.29 is 18.4 Å². The molecule has 0 aliphatic carbocycles. The Labute approximate surface area is 78.1 Å². The molecular weight excluding hydrogens is 191 g/mol. The minimum Gasteiger partial charge on any atom is -0.303 e. The molecule has 0 amide bonds. The first-order valence-corrected chi connectivity index (χ1v) is 5.86. The fourth-order valence-corrected chi connectivity index (χ4v) is 2.35. The molecule has 0 spiro atoms. The van der Waals surface area contributed by atoms with E-state index in [0.717, 1.165) is 6.42 Å². The summed E-state index contributed by atoms with van der Waals surface area (Å²) in [6.45, 7) is 5.89. The largest absolute Gasteiger partial charge is 0.396 e. The first-order valence-electron chi connectivity index (χ1n) is 4.32. The summed E-state index contributed by atoms with van der Waals surface area (Å²) in [5, 5.41) is 0. The lowest BCUT2D eigenvalue weighted by Gasteiger charge is -2.34. The van der Waals surface area contributed by atoms with Gasteiger partial charge >= 0.3 is 7.60 Å². The third-order valence-corrected chi connectivity index (χ3v) is 4.11. The summed E-state index contributed by atoms with van der Waals surface area (Å²) in [6, 6.07) is 0. The molecule has 0 bridgehead atoms. The molecule has 1 heterocycles. The topological polar surface area (TPSA) is 52.6 Å². The molecule has 1 aliphatic heterocycles. The number of hydrogen-bond acceptors (Lipinski definition) is 4. The Bertz CT molecular complexity index is 249. The highest BCUT2D eigenvalue weighted by Gasteiger charge is 2.41. The number of hydrogen-bond donors (Lipinski definition) is 0. The van der Waals surface area contributed by atoms with Gasteiger partial charge in [0.1, 0.15) is 0 Å². The van der Waals surface area contributed by atoms with Crippen molar-refractivity contribution in [2.24, 2.45) is 5.41 Å². The van der Waals surface area contributed by atoms with Crippen molar-refractivity contribution in [2.45, 2.75) is 27.2 Å². The van der Waals surface area contributed by atoms with Crippen molar-refractivity contribution in [3.05, 3.63) is 0 Å². The van der Waals surface area contributed by atoms with E-state index in [1.807, 2.05) is 13.8 Å². The Hall–Kier alpha value is -0.180. The minimum absolute atomic E-state index is 0.108. The van der Waals surface area contributed by atoms with E-state index < -0.39 is 13.1 Å². The highest BCUT2D eigenvalue weighted by Crippen LogP contribution is 2.54. The van der Waals surface area contributed by atoms with Crippen LogP contribution in [0.15, 0.2) is 0 Å². The van der Waals surface area contributed by atoms with Gasteiger partial charge in [-0.3, -0.25) is 9.36 Å². The summed E-state index contributed by atoms with van der Waals surface area (Å²) in [7, 11) is -3.42. The van der Waals surface area contributed by atoms with Gasteiger partial charge in [-0.2, -0.15) is 0 Å². The van der Waals surface area contributed by atoms with E-state index in [0.29, 0.717) is 13.2 Å². The van der Waals surface area contributed by atoms with Crippen molar-refractivity contribution >= 4 is 13.1 Å². The van der Waals surface area contributed by atoms with Crippen molar-refractivity contribution in [1.82, 2.24) is 0 Å². The zero-order chi connectivity index (χ0) is 10.1. The third-order valence-electron chi connectivity index (χ3n) is 2.41. The van der Waals surface area contributed by atoms with E-state index in [9.17, 15) is 9.36 Å². The summed E-state index contributed by atoms with van der Waals surface area (Å²) in [5.41, 5.74) is -0.616. The molecule has 0 aromatic heterocycles. The summed E-state index contributed by atoms with van der Waals surface area (Å²) < 4.78 is 21.6. The van der Waals surface area contributed by atoms with Crippen LogP contribution in [0, 0.1) is 5.41 Å². The van der Waals surface area contributed by atoms with Crippen LogP contribution < -0.4 is 0 Å². The zero-order valence-electron chi connectivity index (χ0n) is 8.20. The lowest BCUT2D eigenvalue weighted by molar-refractivity contribution is -0.113. The molecule has 1 saturated heterocycles. The lowest BCUT2D eigenvalue weighted by atomic mass is 9.90. The summed E-state index contributed by atoms with van der Waals surface area (Å²) in [6.07, 6.45) is 0.880. The van der Waals surface area contributed by atoms with Gasteiger partial charge < -0.3 is 9.05 Å². The van der Waals surface area contributed by atoms with Crippen LogP contribution in [0.5, 0.6) is 0 Å². The predicted octanol–water partition coefficient (Wildman–Crippen LogP) is 2.19. The Kier molecular flexibility index (Phi) is 2.95. The van der Waals surface area contributed by atoms with E-state index in [1.165, 1.54) is 6.92 Å². The molecule has 13 heavy (non-hydrogen) atoms. The first kappa shape index (κ1) is 10.9. The maximum atomic E-state index is 11.5. The van der Waals surface area contributed by atoms with Crippen LogP contribution in [-0.4, -0.2) is 18.7 Å². The molecule has 0 radical (unpaired) electrons. The fraction of sp³-hybridized carbons (Fsp3) is 0.875. The highest BCUT2D eigenvalue weighted by atomic mass is 31.2. The summed E-state index contributed by atoms with van der Waals surface area (Å²) in [4.78, 5) is 10.9. The average Bonchev–Trinajstić information content (AvgIpc) is 2.11. The maximum absolute atomic E-state index is 11.5. The average molecular weight is 206 g/mol. The molecular formula is C8H15O4P. The van der Waals surface area contributed by atoms with E-state index >= 15 is 0 Å². The highest BCUT2D eigenvalue weighted by molar-refractivity contribution is 7.71. The van der Waals surface area contributed by atoms with Crippen LogP contribution in [0.2, 0.25) is 0 Å². The third kappa shape index (κ3) is 2.19. The monoisotopic (exact) mass is 206 g/mol. The standard InChI is InChI=1S/C8H15O4P/c1-4-8(3)5-11-13(10,7(2)9)12-6-8/h4-6H2,1-3H3. The van der Waals surface area contributed by atoms with E-state index in [1.54, 1.807) is 0 Å². The Morgan fingerprint density at radius 2 is 1.92 bits per heavy atom. The quantitative estimate of drug-likeness (QED) is 0.650. The molecule has 0 unspecified atom stereocenters. The number of carbonyl (C=O) groups excluding carboxylic acids is 1. The van der Waals surface area contributed by atoms with Crippen molar-refractivity contribution in [2.75, 3.05) is 13.2 Å². The number of rotatable bonds is 2. The van der Waals surface area contributed by atoms with E-state index in [-0.39, 0.29) is 5.41 Å². The van der Waals surface area contributed by atoms with Crippen LogP contribution in [0.3, 0.4) is 0 Å². The first-order chi connectivity index (χ1) is 5.92. The molecule has 4 nitrogen and oxygen atoms in total. The van der Waals surface area contributed by atoms with Gasteiger partial charge in [0, 0.05) is 12.3 Å². The summed E-state index contributed by atoms with van der Waals surface area (Å²) >= 11 is 0. The number of carbonyl (C=O) groups is 1. The maximum Gasteiger partial charge on any atom is 0.396 e. The van der Waals surface area contributed by atoms with Gasteiger partial charge in [-0.05, 0) is 6.42 Å². The van der Waals surface area contributed by atoms with Gasteiger partial charge in [-0.1, -0.05) is 13.8 Å². The van der Waals surface area contributed by atoms with Crippen LogP contribution >= 0.6 is 7.60 Å². The molecule has 0 saturated carbocycles. The molecule has 0 atom stereocenters. The van der Waals surface area contributed by atoms with E-state index in [2.05, 4.69) is 0 Å².